The van der Waals surface area contributed by atoms with Gasteiger partial charge in [0.1, 0.15) is 0 Å². The Morgan fingerprint density at radius 2 is 1.51 bits per heavy atom. The second kappa shape index (κ2) is 9.05. The molecule has 0 N–H and O–H groups in total. The molecule has 0 fully saturated rings. The van der Waals surface area contributed by atoms with E-state index < -0.39 is 17.5 Å². The van der Waals surface area contributed by atoms with Crippen LogP contribution in [-0.4, -0.2) is 0 Å². The number of pyridine rings is 2. The van der Waals surface area contributed by atoms with Crippen LogP contribution in [0.15, 0.2) is 110 Å². The van der Waals surface area contributed by atoms with Gasteiger partial charge in [-0.15, -0.1) is 0 Å². The van der Waals surface area contributed by atoms with Gasteiger partial charge in [-0.25, -0.2) is 13.2 Å². The van der Waals surface area contributed by atoms with Gasteiger partial charge in [0.2, 0.25) is 23.1 Å². The Morgan fingerprint density at radius 3 is 2.36 bits per heavy atom. The van der Waals surface area contributed by atoms with Crippen LogP contribution in [0.1, 0.15) is 29.5 Å². The smallest absolute Gasteiger partial charge is 0.204 e. The molecule has 0 saturated carbocycles. The molecule has 0 saturated heterocycles. The quantitative estimate of drug-likeness (QED) is 0.161. The zero-order valence-electron chi connectivity index (χ0n) is 21.1. The lowest BCUT2D eigenvalue weighted by atomic mass is 9.78. The van der Waals surface area contributed by atoms with Crippen molar-refractivity contribution in [3.63, 3.8) is 0 Å². The molecule has 4 heterocycles. The van der Waals surface area contributed by atoms with Crippen molar-refractivity contribution in [2.45, 2.75) is 24.8 Å². The minimum Gasteiger partial charge on any atom is -0.204 e. The molecule has 5 heteroatoms. The fraction of sp³-hybridized carbons (Fsp3) is 0.118. The molecular formula is C34H25F3N2+2. The van der Waals surface area contributed by atoms with E-state index in [1.165, 1.54) is 5.56 Å². The Morgan fingerprint density at radius 1 is 0.744 bits per heavy atom. The summed E-state index contributed by atoms with van der Waals surface area (Å²) in [7, 11) is 0. The summed E-state index contributed by atoms with van der Waals surface area (Å²) in [5.41, 5.74) is 6.98. The SMILES string of the molecule is C=C1C2C(CCc3cc(F)c(F)c(F)c3-c3ccc(-c4ccccc4)c[n+]31)c1ccccc1-c1cccc[n+]12. The van der Waals surface area contributed by atoms with Gasteiger partial charge >= 0.3 is 0 Å². The van der Waals surface area contributed by atoms with Gasteiger partial charge in [0.05, 0.1) is 11.5 Å². The van der Waals surface area contributed by atoms with Gasteiger partial charge in [0, 0.05) is 29.3 Å². The van der Waals surface area contributed by atoms with E-state index in [1.807, 2.05) is 71.4 Å². The number of rotatable bonds is 1. The monoisotopic (exact) mass is 518 g/mol. The average Bonchev–Trinajstić information content (AvgIpc) is 3.03. The van der Waals surface area contributed by atoms with Crippen LogP contribution in [-0.2, 0) is 6.42 Å². The lowest BCUT2D eigenvalue weighted by Gasteiger charge is -2.29. The third kappa shape index (κ3) is 3.64. The molecule has 7 rings (SSSR count). The molecule has 0 radical (unpaired) electrons. The fourth-order valence-electron chi connectivity index (χ4n) is 6.37. The van der Waals surface area contributed by atoms with Crippen molar-refractivity contribution in [2.75, 3.05) is 0 Å². The largest absolute Gasteiger partial charge is 0.249 e. The molecule has 2 nitrogen and oxygen atoms in total. The molecule has 2 aliphatic rings. The average molecular weight is 519 g/mol. The highest BCUT2D eigenvalue weighted by atomic mass is 19.2. The Kier molecular flexibility index (Phi) is 5.48. The number of benzene rings is 3. The number of halogens is 3. The third-order valence-corrected chi connectivity index (χ3v) is 8.14. The first kappa shape index (κ1) is 23.6. The first-order valence-electron chi connectivity index (χ1n) is 13.1. The molecule has 39 heavy (non-hydrogen) atoms. The highest BCUT2D eigenvalue weighted by Gasteiger charge is 2.47. The number of aryl methyl sites for hydroxylation is 1. The summed E-state index contributed by atoms with van der Waals surface area (Å²) in [5.74, 6) is -3.81. The minimum absolute atomic E-state index is 0.0172. The maximum atomic E-state index is 15.6. The van der Waals surface area contributed by atoms with Crippen LogP contribution in [0.4, 0.5) is 13.2 Å². The predicted octanol–water partition coefficient (Wildman–Crippen LogP) is 7.44. The van der Waals surface area contributed by atoms with Gasteiger partial charge in [-0.1, -0.05) is 48.5 Å². The van der Waals surface area contributed by atoms with Gasteiger partial charge < -0.3 is 0 Å². The van der Waals surface area contributed by atoms with Gasteiger partial charge in [0.15, 0.2) is 29.8 Å². The van der Waals surface area contributed by atoms with Crippen molar-refractivity contribution < 1.29 is 22.3 Å². The number of fused-ring (bicyclic) bond motifs is 9. The minimum atomic E-state index is -1.46. The van der Waals surface area contributed by atoms with E-state index in [-0.39, 0.29) is 17.5 Å². The Bertz CT molecular complexity index is 1780. The summed E-state index contributed by atoms with van der Waals surface area (Å²) in [5, 5.41) is 0. The summed E-state index contributed by atoms with van der Waals surface area (Å²) in [4.78, 5) is 0. The van der Waals surface area contributed by atoms with Crippen molar-refractivity contribution >= 4 is 5.70 Å². The normalized spacial score (nSPS) is 17.5. The Hall–Kier alpha value is -4.51. The van der Waals surface area contributed by atoms with E-state index in [1.54, 1.807) is 6.07 Å². The van der Waals surface area contributed by atoms with Crippen LogP contribution in [0.5, 0.6) is 0 Å². The highest BCUT2D eigenvalue weighted by molar-refractivity contribution is 5.70. The van der Waals surface area contributed by atoms with Crippen molar-refractivity contribution in [3.05, 3.63) is 139 Å². The van der Waals surface area contributed by atoms with Gasteiger partial charge in [-0.3, -0.25) is 0 Å². The first-order chi connectivity index (χ1) is 19.0. The van der Waals surface area contributed by atoms with E-state index in [0.29, 0.717) is 24.1 Å². The van der Waals surface area contributed by atoms with Crippen LogP contribution < -0.4 is 9.13 Å². The van der Waals surface area contributed by atoms with Crippen molar-refractivity contribution in [1.82, 2.24) is 0 Å². The number of hydrogen-bond acceptors (Lipinski definition) is 0. The Balaban J connectivity index is 1.54. The van der Waals surface area contributed by atoms with Crippen molar-refractivity contribution in [3.8, 4) is 33.6 Å². The lowest BCUT2D eigenvalue weighted by Crippen LogP contribution is -2.53. The van der Waals surface area contributed by atoms with E-state index in [9.17, 15) is 8.78 Å². The van der Waals surface area contributed by atoms with E-state index in [0.717, 1.165) is 34.1 Å². The zero-order chi connectivity index (χ0) is 26.7. The fourth-order valence-corrected chi connectivity index (χ4v) is 6.37. The zero-order valence-corrected chi connectivity index (χ0v) is 21.1. The topological polar surface area (TPSA) is 7.76 Å². The third-order valence-electron chi connectivity index (χ3n) is 8.14. The summed E-state index contributed by atoms with van der Waals surface area (Å²) in [6.07, 6.45) is 4.99. The van der Waals surface area contributed by atoms with Crippen LogP contribution in [0, 0.1) is 17.5 Å². The molecule has 2 aromatic heterocycles. The van der Waals surface area contributed by atoms with Crippen LogP contribution in [0.25, 0.3) is 39.3 Å². The van der Waals surface area contributed by atoms with E-state index in [4.69, 9.17) is 0 Å². The summed E-state index contributed by atoms with van der Waals surface area (Å²) in [6, 6.07) is 29.0. The standard InChI is InChI=1S/C34H25F3N2/c1-21-34-27(25-11-5-6-12-26(25)29-13-7-8-18-38(29)34)16-14-23-19-28(35)32(36)33(37)31(23)30-17-15-24(20-39(21)30)22-9-3-2-4-10-22/h2-13,15,17-20,27,34H,1,14,16H2/q+2. The molecule has 2 atom stereocenters. The van der Waals surface area contributed by atoms with Gasteiger partial charge in [-0.2, -0.15) is 9.13 Å². The maximum Gasteiger partial charge on any atom is 0.249 e. The molecule has 2 unspecified atom stereocenters. The number of allylic oxidation sites excluding steroid dienone is 1. The molecule has 3 aromatic carbocycles. The van der Waals surface area contributed by atoms with Crippen LogP contribution >= 0.6 is 0 Å². The Labute approximate surface area is 225 Å². The second-order valence-corrected chi connectivity index (χ2v) is 10.2. The summed E-state index contributed by atoms with van der Waals surface area (Å²) >= 11 is 0. The molecule has 0 bridgehead atoms. The maximum absolute atomic E-state index is 15.6. The number of aromatic nitrogens is 2. The predicted molar refractivity (Wildman–Crippen MR) is 145 cm³/mol. The first-order valence-corrected chi connectivity index (χ1v) is 13.1. The van der Waals surface area contributed by atoms with E-state index in [2.05, 4.69) is 35.5 Å². The molecule has 0 aliphatic carbocycles. The van der Waals surface area contributed by atoms with E-state index >= 15 is 4.39 Å². The van der Waals surface area contributed by atoms with Crippen LogP contribution in [0.2, 0.25) is 0 Å². The molecule has 0 amide bonds. The number of nitrogens with zero attached hydrogens (tertiary/aromatic N) is 2. The lowest BCUT2D eigenvalue weighted by molar-refractivity contribution is -0.727. The van der Waals surface area contributed by atoms with Gasteiger partial charge in [0.25, 0.3) is 0 Å². The van der Waals surface area contributed by atoms with Crippen LogP contribution in [0.3, 0.4) is 0 Å². The second-order valence-electron chi connectivity index (χ2n) is 10.2. The molecule has 190 valence electrons. The molecular weight excluding hydrogens is 493 g/mol. The van der Waals surface area contributed by atoms with Crippen molar-refractivity contribution in [2.24, 2.45) is 0 Å². The highest BCUT2D eigenvalue weighted by Crippen LogP contribution is 2.45. The molecule has 5 aromatic rings. The molecule has 0 spiro atoms. The summed E-state index contributed by atoms with van der Waals surface area (Å²) in [6.45, 7) is 4.58. The van der Waals surface area contributed by atoms with Gasteiger partial charge in [-0.05, 0) is 60.4 Å². The van der Waals surface area contributed by atoms with Crippen molar-refractivity contribution in [1.29, 1.82) is 0 Å². The summed E-state index contributed by atoms with van der Waals surface area (Å²) < 4.78 is 49.0. The number of hydrogen-bond donors (Lipinski definition) is 0. The molecule has 2 aliphatic heterocycles.